The van der Waals surface area contributed by atoms with Crippen LogP contribution in [-0.4, -0.2) is 46.2 Å². The number of nitrogens with zero attached hydrogens (tertiary/aromatic N) is 5. The lowest BCUT2D eigenvalue weighted by Crippen LogP contribution is -2.31. The van der Waals surface area contributed by atoms with Crippen molar-refractivity contribution in [3.8, 4) is 11.5 Å². The molecule has 0 aliphatic carbocycles. The fourth-order valence-electron chi connectivity index (χ4n) is 3.68. The SMILES string of the molecule is C=Cc1ccc(CN2CCCN(c3ncccc3-c3nc(CC)no3)CC2)cc1. The lowest BCUT2D eigenvalue weighted by molar-refractivity contribution is 0.285. The van der Waals surface area contributed by atoms with Gasteiger partial charge in [-0.25, -0.2) is 4.98 Å². The standard InChI is InChI=1S/C23H27N5O/c1-3-18-8-10-19(11-9-18)17-27-13-6-14-28(16-15-27)22-20(7-5-12-24-22)23-25-21(4-2)26-29-23/h3,5,7-12H,1,4,6,13-17H2,2H3. The van der Waals surface area contributed by atoms with Crippen LogP contribution in [0.5, 0.6) is 0 Å². The second-order valence-electron chi connectivity index (χ2n) is 7.31. The van der Waals surface area contributed by atoms with Gasteiger partial charge < -0.3 is 9.42 Å². The van der Waals surface area contributed by atoms with Crippen molar-refractivity contribution in [1.29, 1.82) is 0 Å². The molecule has 6 heteroatoms. The van der Waals surface area contributed by atoms with Gasteiger partial charge in [-0.15, -0.1) is 0 Å². The number of aryl methyl sites for hydroxylation is 1. The first kappa shape index (κ1) is 19.3. The van der Waals surface area contributed by atoms with Gasteiger partial charge in [0, 0.05) is 45.3 Å². The molecule has 1 aliphatic heterocycles. The molecule has 1 aliphatic rings. The molecule has 0 atom stereocenters. The Hall–Kier alpha value is -2.99. The highest BCUT2D eigenvalue weighted by Crippen LogP contribution is 2.28. The zero-order valence-corrected chi connectivity index (χ0v) is 16.9. The summed E-state index contributed by atoms with van der Waals surface area (Å²) in [4.78, 5) is 14.0. The minimum absolute atomic E-state index is 0.549. The summed E-state index contributed by atoms with van der Waals surface area (Å²) in [6.07, 6.45) is 5.56. The second-order valence-corrected chi connectivity index (χ2v) is 7.31. The molecule has 1 fully saturated rings. The van der Waals surface area contributed by atoms with E-state index in [4.69, 9.17) is 4.52 Å². The molecule has 6 nitrogen and oxygen atoms in total. The van der Waals surface area contributed by atoms with Crippen molar-refractivity contribution in [2.45, 2.75) is 26.3 Å². The molecule has 3 heterocycles. The molecule has 1 saturated heterocycles. The monoisotopic (exact) mass is 389 g/mol. The van der Waals surface area contributed by atoms with Crippen LogP contribution in [0, 0.1) is 0 Å². The minimum atomic E-state index is 0.549. The molecule has 3 aromatic rings. The normalized spacial score (nSPS) is 15.3. The third-order valence-electron chi connectivity index (χ3n) is 5.31. The zero-order valence-electron chi connectivity index (χ0n) is 16.9. The van der Waals surface area contributed by atoms with E-state index < -0.39 is 0 Å². The molecule has 0 N–H and O–H groups in total. The molecule has 29 heavy (non-hydrogen) atoms. The molecule has 0 radical (unpaired) electrons. The fourth-order valence-corrected chi connectivity index (χ4v) is 3.68. The van der Waals surface area contributed by atoms with Crippen LogP contribution in [0.2, 0.25) is 0 Å². The van der Waals surface area contributed by atoms with E-state index in [0.29, 0.717) is 5.89 Å². The van der Waals surface area contributed by atoms with Gasteiger partial charge in [0.2, 0.25) is 0 Å². The van der Waals surface area contributed by atoms with Crippen molar-refractivity contribution < 1.29 is 4.52 Å². The van der Waals surface area contributed by atoms with E-state index in [1.54, 1.807) is 0 Å². The first-order valence-corrected chi connectivity index (χ1v) is 10.2. The third kappa shape index (κ3) is 4.54. The lowest BCUT2D eigenvalue weighted by Gasteiger charge is -2.24. The Morgan fingerprint density at radius 1 is 1.10 bits per heavy atom. The van der Waals surface area contributed by atoms with Crippen molar-refractivity contribution in [3.63, 3.8) is 0 Å². The van der Waals surface area contributed by atoms with Gasteiger partial charge in [-0.3, -0.25) is 4.90 Å². The van der Waals surface area contributed by atoms with Crippen molar-refractivity contribution in [2.75, 3.05) is 31.1 Å². The van der Waals surface area contributed by atoms with E-state index in [-0.39, 0.29) is 0 Å². The molecule has 0 spiro atoms. The fraction of sp³-hybridized carbons (Fsp3) is 0.348. The van der Waals surface area contributed by atoms with Crippen LogP contribution in [0.15, 0.2) is 53.7 Å². The van der Waals surface area contributed by atoms with E-state index in [1.165, 1.54) is 5.56 Å². The van der Waals surface area contributed by atoms with Gasteiger partial charge in [0.15, 0.2) is 5.82 Å². The molecule has 4 rings (SSSR count). The summed E-state index contributed by atoms with van der Waals surface area (Å²) in [5.74, 6) is 2.20. The Balaban J connectivity index is 1.46. The predicted octanol–water partition coefficient (Wildman–Crippen LogP) is 4.05. The van der Waals surface area contributed by atoms with Crippen LogP contribution in [0.4, 0.5) is 5.82 Å². The Morgan fingerprint density at radius 2 is 1.97 bits per heavy atom. The second kappa shape index (κ2) is 9.01. The van der Waals surface area contributed by atoms with Crippen LogP contribution in [0.1, 0.15) is 30.3 Å². The maximum Gasteiger partial charge on any atom is 0.261 e. The van der Waals surface area contributed by atoms with Crippen molar-refractivity contribution >= 4 is 11.9 Å². The molecule has 0 saturated carbocycles. The average Bonchev–Trinajstić information content (AvgIpc) is 3.14. The number of benzene rings is 1. The largest absolute Gasteiger partial charge is 0.355 e. The Bertz CT molecular complexity index is 950. The Kier molecular flexibility index (Phi) is 6.00. The van der Waals surface area contributed by atoms with E-state index in [9.17, 15) is 0 Å². The topological polar surface area (TPSA) is 58.3 Å². The van der Waals surface area contributed by atoms with Crippen LogP contribution in [0.25, 0.3) is 17.5 Å². The first-order chi connectivity index (χ1) is 14.3. The van der Waals surface area contributed by atoms with Crippen molar-refractivity contribution in [2.24, 2.45) is 0 Å². The molecule has 1 aromatic carbocycles. The maximum absolute atomic E-state index is 5.48. The van der Waals surface area contributed by atoms with Crippen LogP contribution < -0.4 is 4.90 Å². The van der Waals surface area contributed by atoms with Crippen LogP contribution >= 0.6 is 0 Å². The van der Waals surface area contributed by atoms with Gasteiger partial charge >= 0.3 is 0 Å². The van der Waals surface area contributed by atoms with Crippen LogP contribution in [0.3, 0.4) is 0 Å². The summed E-state index contributed by atoms with van der Waals surface area (Å²) in [5.41, 5.74) is 3.40. The van der Waals surface area contributed by atoms with Gasteiger partial charge in [0.05, 0.1) is 5.56 Å². The highest BCUT2D eigenvalue weighted by atomic mass is 16.5. The molecule has 2 aromatic heterocycles. The van der Waals surface area contributed by atoms with Gasteiger partial charge in [-0.05, 0) is 29.7 Å². The van der Waals surface area contributed by atoms with Gasteiger partial charge in [-0.2, -0.15) is 4.98 Å². The van der Waals surface area contributed by atoms with E-state index in [1.807, 2.05) is 31.3 Å². The van der Waals surface area contributed by atoms with E-state index in [0.717, 1.165) is 68.3 Å². The molecular weight excluding hydrogens is 362 g/mol. The summed E-state index contributed by atoms with van der Waals surface area (Å²) in [5, 5.41) is 4.04. The lowest BCUT2D eigenvalue weighted by atomic mass is 10.1. The Morgan fingerprint density at radius 3 is 2.72 bits per heavy atom. The first-order valence-electron chi connectivity index (χ1n) is 10.2. The van der Waals surface area contributed by atoms with Crippen molar-refractivity contribution in [3.05, 3.63) is 66.1 Å². The highest BCUT2D eigenvalue weighted by Gasteiger charge is 2.21. The molecular formula is C23H27N5O. The smallest absolute Gasteiger partial charge is 0.261 e. The maximum atomic E-state index is 5.48. The van der Waals surface area contributed by atoms with Crippen LogP contribution in [-0.2, 0) is 13.0 Å². The summed E-state index contributed by atoms with van der Waals surface area (Å²) in [6, 6.07) is 12.6. The zero-order chi connectivity index (χ0) is 20.1. The van der Waals surface area contributed by atoms with Gasteiger partial charge in [-0.1, -0.05) is 49.0 Å². The quantitative estimate of drug-likeness (QED) is 0.634. The van der Waals surface area contributed by atoms with Crippen molar-refractivity contribution in [1.82, 2.24) is 20.0 Å². The number of hydrogen-bond acceptors (Lipinski definition) is 6. The van der Waals surface area contributed by atoms with Gasteiger partial charge in [0.1, 0.15) is 5.82 Å². The van der Waals surface area contributed by atoms with E-state index >= 15 is 0 Å². The van der Waals surface area contributed by atoms with E-state index in [2.05, 4.69) is 55.8 Å². The number of anilines is 1. The average molecular weight is 390 g/mol. The summed E-state index contributed by atoms with van der Waals surface area (Å²) in [6.45, 7) is 10.8. The summed E-state index contributed by atoms with van der Waals surface area (Å²) in [7, 11) is 0. The highest BCUT2D eigenvalue weighted by molar-refractivity contribution is 5.69. The molecule has 0 bridgehead atoms. The third-order valence-corrected chi connectivity index (χ3v) is 5.31. The number of hydrogen-bond donors (Lipinski definition) is 0. The summed E-state index contributed by atoms with van der Waals surface area (Å²) < 4.78 is 5.48. The summed E-state index contributed by atoms with van der Waals surface area (Å²) >= 11 is 0. The number of aromatic nitrogens is 3. The van der Waals surface area contributed by atoms with Gasteiger partial charge in [0.25, 0.3) is 5.89 Å². The molecule has 150 valence electrons. The Labute approximate surface area is 171 Å². The predicted molar refractivity (Wildman–Crippen MR) is 116 cm³/mol. The molecule has 0 unspecified atom stereocenters. The minimum Gasteiger partial charge on any atom is -0.355 e. The number of rotatable bonds is 6. The molecule has 0 amide bonds. The number of pyridine rings is 1.